The van der Waals surface area contributed by atoms with E-state index in [4.69, 9.17) is 0 Å². The van der Waals surface area contributed by atoms with Crippen molar-refractivity contribution in [3.05, 3.63) is 34.5 Å². The zero-order valence-corrected chi connectivity index (χ0v) is 14.0. The van der Waals surface area contributed by atoms with Crippen molar-refractivity contribution < 1.29 is 0 Å². The lowest BCUT2D eigenvalue weighted by Crippen LogP contribution is -2.29. The minimum atomic E-state index is 0.330. The number of rotatable bonds is 3. The minimum Gasteiger partial charge on any atom is -0.303 e. The van der Waals surface area contributed by atoms with E-state index in [2.05, 4.69) is 42.6 Å². The van der Waals surface area contributed by atoms with Crippen LogP contribution in [-0.2, 0) is 7.05 Å². The molecule has 0 fully saturated rings. The van der Waals surface area contributed by atoms with Crippen molar-refractivity contribution in [1.82, 2.24) is 15.1 Å². The number of nitrogens with zero attached hydrogens (tertiary/aromatic N) is 2. The first-order valence-electron chi connectivity index (χ1n) is 7.05. The van der Waals surface area contributed by atoms with Crippen molar-refractivity contribution in [2.24, 2.45) is 7.05 Å². The molecule has 0 amide bonds. The molecular formula is C15H21N3S2. The Morgan fingerprint density at radius 2 is 2.30 bits per heavy atom. The molecule has 0 bridgehead atoms. The lowest BCUT2D eigenvalue weighted by Gasteiger charge is -2.30. The molecule has 1 aliphatic rings. The van der Waals surface area contributed by atoms with Crippen LogP contribution in [0.3, 0.4) is 0 Å². The van der Waals surface area contributed by atoms with Crippen LogP contribution in [0.4, 0.5) is 0 Å². The molecule has 0 aromatic carbocycles. The van der Waals surface area contributed by atoms with Crippen molar-refractivity contribution in [3.63, 3.8) is 0 Å². The molecule has 1 aliphatic heterocycles. The Balaban J connectivity index is 1.80. The van der Waals surface area contributed by atoms with Gasteiger partial charge in [0.05, 0.1) is 10.4 Å². The highest BCUT2D eigenvalue weighted by molar-refractivity contribution is 8.01. The van der Waals surface area contributed by atoms with Crippen LogP contribution < -0.4 is 5.32 Å². The quantitative estimate of drug-likeness (QED) is 0.927. The standard InChI is InChI=1S/C15H21N3S2/c1-9-7-14(12-5-6-19-15(12)20-9)17-10(2)13-8-16-18(4)11(13)3/h5-6,8-10,14,17H,7H2,1-4H3/t9-,10?,14?/m0/s1. The van der Waals surface area contributed by atoms with Crippen LogP contribution in [0, 0.1) is 6.92 Å². The van der Waals surface area contributed by atoms with Crippen LogP contribution in [-0.4, -0.2) is 15.0 Å². The molecule has 0 spiro atoms. The average Bonchev–Trinajstić information content (AvgIpc) is 2.97. The first kappa shape index (κ1) is 14.2. The number of thioether (sulfide) groups is 1. The monoisotopic (exact) mass is 307 g/mol. The third kappa shape index (κ3) is 2.54. The van der Waals surface area contributed by atoms with Gasteiger partial charge in [-0.2, -0.15) is 5.10 Å². The van der Waals surface area contributed by atoms with Gasteiger partial charge in [-0.25, -0.2) is 0 Å². The molecule has 0 radical (unpaired) electrons. The van der Waals surface area contributed by atoms with Crippen molar-refractivity contribution in [3.8, 4) is 0 Å². The maximum absolute atomic E-state index is 4.35. The summed E-state index contributed by atoms with van der Waals surface area (Å²) in [5.41, 5.74) is 4.02. The average molecular weight is 307 g/mol. The second-order valence-electron chi connectivity index (χ2n) is 5.58. The van der Waals surface area contributed by atoms with Gasteiger partial charge < -0.3 is 5.32 Å². The second kappa shape index (κ2) is 5.54. The third-order valence-corrected chi connectivity index (χ3v) is 6.44. The molecule has 3 atom stereocenters. The van der Waals surface area contributed by atoms with Crippen molar-refractivity contribution in [2.45, 2.75) is 48.7 Å². The van der Waals surface area contributed by atoms with Crippen molar-refractivity contribution >= 4 is 23.1 Å². The smallest absolute Gasteiger partial charge is 0.0649 e. The van der Waals surface area contributed by atoms with E-state index in [0.717, 1.165) is 0 Å². The number of aryl methyl sites for hydroxylation is 1. The van der Waals surface area contributed by atoms with E-state index in [9.17, 15) is 0 Å². The molecule has 0 saturated carbocycles. The summed E-state index contributed by atoms with van der Waals surface area (Å²) in [5, 5.41) is 11.1. The molecule has 3 heterocycles. The summed E-state index contributed by atoms with van der Waals surface area (Å²) in [7, 11) is 2.00. The zero-order valence-electron chi connectivity index (χ0n) is 12.4. The van der Waals surface area contributed by atoms with Crippen LogP contribution in [0.2, 0.25) is 0 Å². The summed E-state index contributed by atoms with van der Waals surface area (Å²) in [6.45, 7) is 6.69. The fourth-order valence-corrected chi connectivity index (χ4v) is 5.41. The van der Waals surface area contributed by atoms with E-state index in [0.29, 0.717) is 17.3 Å². The second-order valence-corrected chi connectivity index (χ2v) is 8.20. The van der Waals surface area contributed by atoms with Gasteiger partial charge in [-0.1, -0.05) is 6.92 Å². The summed E-state index contributed by atoms with van der Waals surface area (Å²) < 4.78 is 3.43. The maximum Gasteiger partial charge on any atom is 0.0649 e. The zero-order chi connectivity index (χ0) is 14.3. The third-order valence-electron chi connectivity index (χ3n) is 4.10. The van der Waals surface area contributed by atoms with E-state index in [1.54, 1.807) is 0 Å². The predicted octanol–water partition coefficient (Wildman–Crippen LogP) is 4.07. The molecule has 3 rings (SSSR count). The molecule has 2 unspecified atom stereocenters. The Morgan fingerprint density at radius 1 is 1.50 bits per heavy atom. The molecule has 2 aromatic rings. The molecule has 108 valence electrons. The van der Waals surface area contributed by atoms with E-state index >= 15 is 0 Å². The Kier molecular flexibility index (Phi) is 3.93. The highest BCUT2D eigenvalue weighted by atomic mass is 32.2. The lowest BCUT2D eigenvalue weighted by atomic mass is 10.0. The fourth-order valence-electron chi connectivity index (χ4n) is 2.84. The van der Waals surface area contributed by atoms with Crippen LogP contribution in [0.1, 0.15) is 49.2 Å². The number of fused-ring (bicyclic) bond motifs is 1. The molecule has 1 N–H and O–H groups in total. The molecule has 0 saturated heterocycles. The highest BCUT2D eigenvalue weighted by Crippen LogP contribution is 2.44. The topological polar surface area (TPSA) is 29.9 Å². The van der Waals surface area contributed by atoms with Crippen molar-refractivity contribution in [2.75, 3.05) is 0 Å². The van der Waals surface area contributed by atoms with Gasteiger partial charge in [-0.05, 0) is 37.3 Å². The van der Waals surface area contributed by atoms with Crippen LogP contribution in [0.15, 0.2) is 21.9 Å². The molecule has 2 aromatic heterocycles. The van der Waals surface area contributed by atoms with Gasteiger partial charge in [-0.3, -0.25) is 4.68 Å². The summed E-state index contributed by atoms with van der Waals surface area (Å²) in [5.74, 6) is 0. The number of hydrogen-bond donors (Lipinski definition) is 1. The Hall–Kier alpha value is -0.780. The van der Waals surface area contributed by atoms with Gasteiger partial charge in [-0.15, -0.1) is 23.1 Å². The van der Waals surface area contributed by atoms with Gasteiger partial charge in [0.2, 0.25) is 0 Å². The number of hydrogen-bond acceptors (Lipinski definition) is 4. The van der Waals surface area contributed by atoms with Crippen LogP contribution >= 0.6 is 23.1 Å². The molecule has 3 nitrogen and oxygen atoms in total. The van der Waals surface area contributed by atoms with Gasteiger partial charge in [0, 0.05) is 35.6 Å². The summed E-state index contributed by atoms with van der Waals surface area (Å²) in [6.07, 6.45) is 3.18. The van der Waals surface area contributed by atoms with Crippen LogP contribution in [0.5, 0.6) is 0 Å². The Morgan fingerprint density at radius 3 is 3.00 bits per heavy atom. The number of thiophene rings is 1. The maximum atomic E-state index is 4.35. The van der Waals surface area contributed by atoms with E-state index in [1.807, 2.05) is 41.0 Å². The predicted molar refractivity (Wildman–Crippen MR) is 86.5 cm³/mol. The highest BCUT2D eigenvalue weighted by Gasteiger charge is 2.27. The number of aromatic nitrogens is 2. The minimum absolute atomic E-state index is 0.330. The lowest BCUT2D eigenvalue weighted by molar-refractivity contribution is 0.434. The fraction of sp³-hybridized carbons (Fsp3) is 0.533. The van der Waals surface area contributed by atoms with Crippen molar-refractivity contribution in [1.29, 1.82) is 0 Å². The summed E-state index contributed by atoms with van der Waals surface area (Å²) >= 11 is 3.88. The first-order chi connectivity index (χ1) is 9.56. The normalized spacial score (nSPS) is 23.6. The van der Waals surface area contributed by atoms with E-state index < -0.39 is 0 Å². The molecule has 20 heavy (non-hydrogen) atoms. The molecule has 0 aliphatic carbocycles. The van der Waals surface area contributed by atoms with Gasteiger partial charge in [0.15, 0.2) is 0 Å². The Labute approximate surface area is 128 Å². The van der Waals surface area contributed by atoms with E-state index in [-0.39, 0.29) is 0 Å². The largest absolute Gasteiger partial charge is 0.303 e. The van der Waals surface area contributed by atoms with Gasteiger partial charge in [0.1, 0.15) is 0 Å². The van der Waals surface area contributed by atoms with Gasteiger partial charge >= 0.3 is 0 Å². The van der Waals surface area contributed by atoms with E-state index in [1.165, 1.54) is 27.5 Å². The first-order valence-corrected chi connectivity index (χ1v) is 8.80. The molecular weight excluding hydrogens is 286 g/mol. The van der Waals surface area contributed by atoms with Gasteiger partial charge in [0.25, 0.3) is 0 Å². The molecule has 5 heteroatoms. The SMILES string of the molecule is Cc1c(C(C)NC2C[C@H](C)Sc3sccc32)cnn1C. The van der Waals surface area contributed by atoms with Crippen LogP contribution in [0.25, 0.3) is 0 Å². The Bertz CT molecular complexity index is 602. The number of nitrogens with one attached hydrogen (secondary N) is 1. The summed E-state index contributed by atoms with van der Waals surface area (Å²) in [6, 6.07) is 3.07. The summed E-state index contributed by atoms with van der Waals surface area (Å²) in [4.78, 5) is 0.